The van der Waals surface area contributed by atoms with Crippen molar-refractivity contribution in [3.8, 4) is 28.3 Å². The number of aromatic nitrogens is 3. The topological polar surface area (TPSA) is 43.9 Å². The first-order valence-corrected chi connectivity index (χ1v) is 25.7. The summed E-state index contributed by atoms with van der Waals surface area (Å²) in [6.45, 7) is 23.0. The molecule has 9 rings (SSSR count). The monoisotopic (exact) mass is 1000 g/mol. The molecule has 1 saturated carbocycles. The summed E-state index contributed by atoms with van der Waals surface area (Å²) in [4.78, 5) is 10.0. The smallest absolute Gasteiger partial charge is 0.120 e. The molecule has 4 nitrogen and oxygen atoms in total. The maximum absolute atomic E-state index is 6.41. The van der Waals surface area contributed by atoms with Crippen LogP contribution in [0.5, 0.6) is 0 Å². The number of furan rings is 1. The Balaban J connectivity index is 0.000000192. The van der Waals surface area contributed by atoms with Crippen molar-refractivity contribution in [1.82, 2.24) is 14.5 Å². The molecule has 0 aliphatic heterocycles. The maximum Gasteiger partial charge on any atom is 0.120 e. The van der Waals surface area contributed by atoms with Gasteiger partial charge in [0.25, 0.3) is 0 Å². The van der Waals surface area contributed by atoms with Crippen LogP contribution in [0.4, 0.5) is 0 Å². The van der Waals surface area contributed by atoms with Gasteiger partial charge in [-0.3, -0.25) is 4.98 Å². The van der Waals surface area contributed by atoms with E-state index in [2.05, 4.69) is 170 Å². The average Bonchev–Trinajstić information content (AvgIpc) is 3.98. The number of nitrogens with zero attached hydrogens (tertiary/aromatic N) is 3. The molecule has 0 unspecified atom stereocenters. The van der Waals surface area contributed by atoms with E-state index in [4.69, 9.17) is 14.4 Å². The van der Waals surface area contributed by atoms with E-state index < -0.39 is 8.07 Å². The number of aryl methyl sites for hydroxylation is 1. The zero-order valence-corrected chi connectivity index (χ0v) is 41.1. The summed E-state index contributed by atoms with van der Waals surface area (Å²) in [6.07, 6.45) is 9.04. The molecule has 317 valence electrons. The van der Waals surface area contributed by atoms with Crippen molar-refractivity contribution < 1.29 is 24.5 Å². The standard InChI is InChI=1S/C32H29N2O.C23H32NSi.Ir/c1-19(2)25-17-21(5)18-26(20(3)4)30(25)34-28-15-8-7-14-27(28)33-32(34)24-13-10-12-23-22-11-6-9-16-29(22)35-31(23)24;1-17(2)19-10-12-20(13-11-19)22-15-21(14-18-8-6-7-9-18)23(16-24-22)25(3,4)5;/h6-12,14-20H,1-5H3;10-12,15-18H,6-9,14H2,1-5H3;/q2*-1;. The normalized spacial score (nSPS) is 13.5. The second-order valence-corrected chi connectivity index (χ2v) is 24.1. The SMILES string of the molecule is CC(C)c1c[c-]c(-c2cc(CC3CCCC3)c([Si](C)(C)C)cn2)cc1.Cc1cc(C(C)C)c(-n2c(-c3[c-]ccc4c3oc3ccccc34)nc3ccccc32)c(C(C)C)c1.[Ir]. The predicted molar refractivity (Wildman–Crippen MR) is 257 cm³/mol. The summed E-state index contributed by atoms with van der Waals surface area (Å²) in [5.74, 6) is 3.01. The van der Waals surface area contributed by atoms with Crippen LogP contribution in [-0.2, 0) is 26.5 Å². The van der Waals surface area contributed by atoms with E-state index in [0.29, 0.717) is 17.8 Å². The second kappa shape index (κ2) is 18.4. The molecule has 5 aromatic carbocycles. The van der Waals surface area contributed by atoms with E-state index in [1.165, 1.54) is 60.0 Å². The molecular weight excluding hydrogens is 939 g/mol. The molecule has 3 aromatic heterocycles. The van der Waals surface area contributed by atoms with E-state index in [-0.39, 0.29) is 20.1 Å². The third kappa shape index (κ3) is 9.14. The fourth-order valence-corrected chi connectivity index (χ4v) is 10.8. The Morgan fingerprint density at radius 2 is 1.48 bits per heavy atom. The van der Waals surface area contributed by atoms with Crippen LogP contribution in [0.2, 0.25) is 19.6 Å². The Morgan fingerprint density at radius 1 is 0.787 bits per heavy atom. The van der Waals surface area contributed by atoms with Crippen molar-refractivity contribution in [2.24, 2.45) is 5.92 Å². The summed E-state index contributed by atoms with van der Waals surface area (Å²) in [5.41, 5.74) is 14.9. The molecule has 1 fully saturated rings. The van der Waals surface area contributed by atoms with Gasteiger partial charge in [0, 0.05) is 37.4 Å². The molecule has 0 spiro atoms. The first-order chi connectivity index (χ1) is 28.8. The minimum absolute atomic E-state index is 0. The van der Waals surface area contributed by atoms with Crippen molar-refractivity contribution >= 4 is 46.2 Å². The first-order valence-electron chi connectivity index (χ1n) is 22.2. The zero-order valence-electron chi connectivity index (χ0n) is 37.7. The Kier molecular flexibility index (Phi) is 13.4. The van der Waals surface area contributed by atoms with Crippen molar-refractivity contribution in [3.05, 3.63) is 143 Å². The third-order valence-electron chi connectivity index (χ3n) is 12.5. The van der Waals surface area contributed by atoms with Crippen molar-refractivity contribution in [2.45, 2.75) is 118 Å². The Morgan fingerprint density at radius 3 is 2.13 bits per heavy atom. The first kappa shape index (κ1) is 44.4. The fraction of sp³-hybridized carbons (Fsp3) is 0.345. The fourth-order valence-electron chi connectivity index (χ4n) is 9.22. The van der Waals surface area contributed by atoms with Gasteiger partial charge in [-0.25, -0.2) is 0 Å². The van der Waals surface area contributed by atoms with Crippen molar-refractivity contribution in [2.75, 3.05) is 0 Å². The van der Waals surface area contributed by atoms with Gasteiger partial charge >= 0.3 is 0 Å². The van der Waals surface area contributed by atoms with Gasteiger partial charge in [-0.15, -0.1) is 53.6 Å². The molecule has 6 heteroatoms. The van der Waals surface area contributed by atoms with Gasteiger partial charge in [-0.05, 0) is 71.3 Å². The van der Waals surface area contributed by atoms with Crippen LogP contribution in [0.25, 0.3) is 61.3 Å². The average molecular weight is 1000 g/mol. The molecule has 1 aliphatic carbocycles. The van der Waals surface area contributed by atoms with E-state index >= 15 is 0 Å². The number of hydrogen-bond acceptors (Lipinski definition) is 3. The summed E-state index contributed by atoms with van der Waals surface area (Å²) in [7, 11) is -1.37. The van der Waals surface area contributed by atoms with Crippen LogP contribution < -0.4 is 5.19 Å². The van der Waals surface area contributed by atoms with Gasteiger partial charge in [-0.2, -0.15) is 0 Å². The van der Waals surface area contributed by atoms with Crippen LogP contribution in [0.15, 0.2) is 108 Å². The molecule has 0 atom stereocenters. The molecule has 0 amide bonds. The largest absolute Gasteiger partial charge is 0.501 e. The summed E-state index contributed by atoms with van der Waals surface area (Å²) < 4.78 is 8.76. The number of benzene rings is 5. The Bertz CT molecular complexity index is 2750. The molecule has 1 aliphatic rings. The molecular formula is C55H61IrN3OSi-2. The van der Waals surface area contributed by atoms with E-state index in [1.807, 2.05) is 18.2 Å². The summed E-state index contributed by atoms with van der Waals surface area (Å²) in [5, 5.41) is 3.74. The minimum atomic E-state index is -1.37. The number of rotatable bonds is 9. The van der Waals surface area contributed by atoms with E-state index in [0.717, 1.165) is 61.5 Å². The second-order valence-electron chi connectivity index (χ2n) is 19.1. The molecule has 8 aromatic rings. The Hall–Kier alpha value is -4.61. The van der Waals surface area contributed by atoms with E-state index in [9.17, 15) is 0 Å². The number of imidazole rings is 1. The van der Waals surface area contributed by atoms with Crippen LogP contribution in [-0.4, -0.2) is 22.6 Å². The van der Waals surface area contributed by atoms with Crippen molar-refractivity contribution in [3.63, 3.8) is 0 Å². The number of fused-ring (bicyclic) bond motifs is 4. The van der Waals surface area contributed by atoms with E-state index in [1.54, 1.807) is 10.8 Å². The van der Waals surface area contributed by atoms with Gasteiger partial charge < -0.3 is 14.0 Å². The number of hydrogen-bond donors (Lipinski definition) is 0. The van der Waals surface area contributed by atoms with Gasteiger partial charge in [0.1, 0.15) is 5.58 Å². The van der Waals surface area contributed by atoms with Crippen molar-refractivity contribution in [1.29, 1.82) is 0 Å². The summed E-state index contributed by atoms with van der Waals surface area (Å²) in [6, 6.07) is 41.2. The third-order valence-corrected chi connectivity index (χ3v) is 14.5. The molecule has 1 radical (unpaired) electrons. The van der Waals surface area contributed by atoms with Crippen LogP contribution in [0.1, 0.15) is 113 Å². The molecule has 0 N–H and O–H groups in total. The van der Waals surface area contributed by atoms with Crippen LogP contribution in [0, 0.1) is 25.0 Å². The summed E-state index contributed by atoms with van der Waals surface area (Å²) >= 11 is 0. The quantitative estimate of drug-likeness (QED) is 0.107. The van der Waals surface area contributed by atoms with Gasteiger partial charge in [0.15, 0.2) is 0 Å². The molecule has 3 heterocycles. The molecule has 0 saturated heterocycles. The zero-order chi connectivity index (χ0) is 42.3. The van der Waals surface area contributed by atoms with Gasteiger partial charge in [0.2, 0.25) is 0 Å². The number of pyridine rings is 1. The molecule has 0 bridgehead atoms. The van der Waals surface area contributed by atoms with Gasteiger partial charge in [-0.1, -0.05) is 163 Å². The number of para-hydroxylation sites is 3. The minimum Gasteiger partial charge on any atom is -0.501 e. The van der Waals surface area contributed by atoms with Crippen LogP contribution in [0.3, 0.4) is 0 Å². The molecule has 61 heavy (non-hydrogen) atoms. The maximum atomic E-state index is 6.41. The predicted octanol–water partition coefficient (Wildman–Crippen LogP) is 14.9. The van der Waals surface area contributed by atoms with Gasteiger partial charge in [0.05, 0.1) is 30.5 Å². The Labute approximate surface area is 378 Å². The van der Waals surface area contributed by atoms with Crippen LogP contribution >= 0.6 is 0 Å².